The number of nitrogens with one attached hydrogen (secondary N) is 1. The first-order chi connectivity index (χ1) is 11.6. The summed E-state index contributed by atoms with van der Waals surface area (Å²) < 4.78 is 7.25. The molecule has 0 bridgehead atoms. The molecule has 2 aromatic heterocycles. The predicted molar refractivity (Wildman–Crippen MR) is 93.8 cm³/mol. The summed E-state index contributed by atoms with van der Waals surface area (Å²) in [5, 5.41) is 3.05. The maximum Gasteiger partial charge on any atom is 0.278 e. The van der Waals surface area contributed by atoms with Crippen LogP contribution in [0.5, 0.6) is 5.88 Å². The van der Waals surface area contributed by atoms with Crippen molar-refractivity contribution in [2.24, 2.45) is 0 Å². The van der Waals surface area contributed by atoms with E-state index in [-0.39, 0.29) is 10.7 Å². The molecule has 1 amide bonds. The van der Waals surface area contributed by atoms with Gasteiger partial charge in [0.25, 0.3) is 5.91 Å². The van der Waals surface area contributed by atoms with E-state index in [1.165, 1.54) is 0 Å². The Morgan fingerprint density at radius 3 is 2.75 bits per heavy atom. The second-order valence-electron chi connectivity index (χ2n) is 5.04. The number of halogens is 1. The van der Waals surface area contributed by atoms with Crippen LogP contribution in [0.15, 0.2) is 36.4 Å². The van der Waals surface area contributed by atoms with Gasteiger partial charge in [-0.05, 0) is 32.0 Å². The maximum absolute atomic E-state index is 12.6. The molecule has 7 heteroatoms. The van der Waals surface area contributed by atoms with Gasteiger partial charge in [0.2, 0.25) is 11.8 Å². The van der Waals surface area contributed by atoms with Crippen molar-refractivity contribution in [3.63, 3.8) is 0 Å². The number of ether oxygens (including phenoxy) is 1. The number of imidazole rings is 1. The fourth-order valence-corrected chi connectivity index (χ4v) is 2.65. The van der Waals surface area contributed by atoms with Crippen LogP contribution in [0.2, 0.25) is 5.02 Å². The molecule has 0 spiro atoms. The Kier molecular flexibility index (Phi) is 4.66. The zero-order valence-corrected chi connectivity index (χ0v) is 14.2. The van der Waals surface area contributed by atoms with E-state index in [0.29, 0.717) is 25.0 Å². The summed E-state index contributed by atoms with van der Waals surface area (Å²) in [5.41, 5.74) is 1.88. The molecular formula is C17H17ClN4O2. The van der Waals surface area contributed by atoms with Gasteiger partial charge in [-0.15, -0.1) is 0 Å². The third-order valence-corrected chi connectivity index (χ3v) is 3.83. The molecule has 0 aliphatic carbocycles. The van der Waals surface area contributed by atoms with Crippen LogP contribution in [0.4, 0.5) is 5.95 Å². The Hall–Kier alpha value is -2.60. The molecular weight excluding hydrogens is 328 g/mol. The van der Waals surface area contributed by atoms with E-state index in [2.05, 4.69) is 15.3 Å². The molecule has 3 rings (SSSR count). The van der Waals surface area contributed by atoms with Gasteiger partial charge in [0, 0.05) is 12.6 Å². The second kappa shape index (κ2) is 6.88. The summed E-state index contributed by atoms with van der Waals surface area (Å²) in [7, 11) is 0. The summed E-state index contributed by atoms with van der Waals surface area (Å²) in [4.78, 5) is 21.2. The topological polar surface area (TPSA) is 69.0 Å². The maximum atomic E-state index is 12.6. The van der Waals surface area contributed by atoms with Gasteiger partial charge >= 0.3 is 0 Å². The highest BCUT2D eigenvalue weighted by molar-refractivity contribution is 6.34. The fourth-order valence-electron chi connectivity index (χ4n) is 2.46. The van der Waals surface area contributed by atoms with Crippen LogP contribution < -0.4 is 10.1 Å². The van der Waals surface area contributed by atoms with Crippen molar-refractivity contribution >= 4 is 34.5 Å². The number of aryl methyl sites for hydroxylation is 1. The number of hydrogen-bond acceptors (Lipinski definition) is 4. The van der Waals surface area contributed by atoms with Crippen molar-refractivity contribution in [2.75, 3.05) is 11.9 Å². The zero-order chi connectivity index (χ0) is 17.1. The highest BCUT2D eigenvalue weighted by atomic mass is 35.5. The molecule has 0 radical (unpaired) electrons. The number of aromatic nitrogens is 3. The number of hydrogen-bond donors (Lipinski definition) is 1. The van der Waals surface area contributed by atoms with Crippen LogP contribution in [0.3, 0.4) is 0 Å². The molecule has 0 saturated carbocycles. The van der Waals surface area contributed by atoms with Crippen LogP contribution in [-0.4, -0.2) is 27.0 Å². The van der Waals surface area contributed by atoms with Gasteiger partial charge in [-0.2, -0.15) is 0 Å². The molecule has 3 aromatic rings. The third kappa shape index (κ3) is 3.05. The Bertz CT molecular complexity index is 891. The van der Waals surface area contributed by atoms with Crippen molar-refractivity contribution in [3.05, 3.63) is 47.1 Å². The molecule has 1 N–H and O–H groups in total. The molecule has 6 nitrogen and oxygen atoms in total. The molecule has 0 aliphatic rings. The van der Waals surface area contributed by atoms with E-state index < -0.39 is 5.91 Å². The lowest BCUT2D eigenvalue weighted by Crippen LogP contribution is -2.18. The normalized spacial score (nSPS) is 10.8. The molecule has 0 fully saturated rings. The Morgan fingerprint density at radius 1 is 1.21 bits per heavy atom. The molecule has 0 aliphatic heterocycles. The van der Waals surface area contributed by atoms with Crippen LogP contribution in [0, 0.1) is 0 Å². The lowest BCUT2D eigenvalue weighted by molar-refractivity contribution is 0.102. The Labute approximate surface area is 144 Å². The molecule has 1 aromatic carbocycles. The second-order valence-corrected chi connectivity index (χ2v) is 5.44. The standard InChI is InChI=1S/C17H17ClN4O2/c1-3-22-13-8-6-5-7-12(13)19-17(22)21-16(23)15-11(18)9-10-14(20-15)24-4-2/h5-10H,3-4H2,1-2H3,(H,19,21,23). The van der Waals surface area contributed by atoms with Gasteiger partial charge in [-0.3, -0.25) is 10.1 Å². The van der Waals surface area contributed by atoms with Crippen molar-refractivity contribution in [3.8, 4) is 5.88 Å². The predicted octanol–water partition coefficient (Wildman–Crippen LogP) is 3.76. The number of rotatable bonds is 5. The monoisotopic (exact) mass is 344 g/mol. The minimum absolute atomic E-state index is 0.109. The quantitative estimate of drug-likeness (QED) is 0.765. The number of carbonyl (C=O) groups is 1. The van der Waals surface area contributed by atoms with Crippen LogP contribution in [0.25, 0.3) is 11.0 Å². The van der Waals surface area contributed by atoms with E-state index in [9.17, 15) is 4.79 Å². The number of fused-ring (bicyclic) bond motifs is 1. The number of pyridine rings is 1. The van der Waals surface area contributed by atoms with Crippen LogP contribution >= 0.6 is 11.6 Å². The Morgan fingerprint density at radius 2 is 2.00 bits per heavy atom. The summed E-state index contributed by atoms with van der Waals surface area (Å²) in [6, 6.07) is 10.9. The van der Waals surface area contributed by atoms with Crippen molar-refractivity contribution in [2.45, 2.75) is 20.4 Å². The summed E-state index contributed by atoms with van der Waals surface area (Å²) in [6.45, 7) is 4.97. The summed E-state index contributed by atoms with van der Waals surface area (Å²) >= 11 is 6.10. The third-order valence-electron chi connectivity index (χ3n) is 3.52. The number of carbonyl (C=O) groups excluding carboxylic acids is 1. The Balaban J connectivity index is 1.94. The van der Waals surface area contributed by atoms with Crippen molar-refractivity contribution < 1.29 is 9.53 Å². The van der Waals surface area contributed by atoms with E-state index in [0.717, 1.165) is 11.0 Å². The van der Waals surface area contributed by atoms with Gasteiger partial charge in [0.05, 0.1) is 22.7 Å². The smallest absolute Gasteiger partial charge is 0.278 e. The SMILES string of the molecule is CCOc1ccc(Cl)c(C(=O)Nc2nc3ccccc3n2CC)n1. The number of benzene rings is 1. The molecule has 0 unspecified atom stereocenters. The minimum Gasteiger partial charge on any atom is -0.478 e. The molecule has 124 valence electrons. The highest BCUT2D eigenvalue weighted by Gasteiger charge is 2.17. The fraction of sp³-hybridized carbons (Fsp3) is 0.235. The van der Waals surface area contributed by atoms with E-state index in [1.54, 1.807) is 12.1 Å². The average molecular weight is 345 g/mol. The van der Waals surface area contributed by atoms with Crippen LogP contribution in [0.1, 0.15) is 24.3 Å². The number of para-hydroxylation sites is 2. The summed E-state index contributed by atoms with van der Waals surface area (Å²) in [6.07, 6.45) is 0. The van der Waals surface area contributed by atoms with Gasteiger partial charge in [-0.25, -0.2) is 9.97 Å². The van der Waals surface area contributed by atoms with Crippen LogP contribution in [-0.2, 0) is 6.54 Å². The van der Waals surface area contributed by atoms with E-state index in [4.69, 9.17) is 16.3 Å². The zero-order valence-electron chi connectivity index (χ0n) is 13.4. The lowest BCUT2D eigenvalue weighted by atomic mass is 10.3. The van der Waals surface area contributed by atoms with E-state index in [1.807, 2.05) is 42.7 Å². The van der Waals surface area contributed by atoms with Crippen molar-refractivity contribution in [1.82, 2.24) is 14.5 Å². The van der Waals surface area contributed by atoms with Gasteiger partial charge in [-0.1, -0.05) is 23.7 Å². The minimum atomic E-state index is -0.424. The van der Waals surface area contributed by atoms with Crippen molar-refractivity contribution in [1.29, 1.82) is 0 Å². The van der Waals surface area contributed by atoms with Gasteiger partial charge in [0.1, 0.15) is 0 Å². The van der Waals surface area contributed by atoms with Gasteiger partial charge < -0.3 is 9.30 Å². The molecule has 24 heavy (non-hydrogen) atoms. The molecule has 2 heterocycles. The van der Waals surface area contributed by atoms with Gasteiger partial charge in [0.15, 0.2) is 5.69 Å². The number of anilines is 1. The average Bonchev–Trinajstić information content (AvgIpc) is 2.93. The lowest BCUT2D eigenvalue weighted by Gasteiger charge is -2.09. The number of nitrogens with zero attached hydrogens (tertiary/aromatic N) is 3. The first-order valence-corrected chi connectivity index (χ1v) is 8.07. The van der Waals surface area contributed by atoms with E-state index >= 15 is 0 Å². The largest absolute Gasteiger partial charge is 0.478 e. The first-order valence-electron chi connectivity index (χ1n) is 7.70. The highest BCUT2D eigenvalue weighted by Crippen LogP contribution is 2.22. The first kappa shape index (κ1) is 16.3. The summed E-state index contributed by atoms with van der Waals surface area (Å²) in [5.74, 6) is 0.394. The molecule has 0 atom stereocenters. The number of amides is 1. The molecule has 0 saturated heterocycles.